The molecule has 0 bridgehead atoms. The van der Waals surface area contributed by atoms with Crippen LogP contribution in [0.2, 0.25) is 5.02 Å². The molecule has 1 saturated carbocycles. The van der Waals surface area contributed by atoms with Gasteiger partial charge in [0.2, 0.25) is 0 Å². The molecule has 0 radical (unpaired) electrons. The molecule has 3 heterocycles. The Bertz CT molecular complexity index is 912. The Morgan fingerprint density at radius 3 is 2.17 bits per heavy atom. The van der Waals surface area contributed by atoms with Crippen molar-refractivity contribution in [1.29, 1.82) is 5.26 Å². The summed E-state index contributed by atoms with van der Waals surface area (Å²) >= 11 is 6.07. The van der Waals surface area contributed by atoms with Gasteiger partial charge < -0.3 is 20.0 Å². The van der Waals surface area contributed by atoms with Crippen LogP contribution in [0.4, 0.5) is 24.8 Å². The van der Waals surface area contributed by atoms with Gasteiger partial charge in [-0.05, 0) is 17.8 Å². The molecule has 2 N–H and O–H groups in total. The minimum atomic E-state index is -4.84. The van der Waals surface area contributed by atoms with Gasteiger partial charge in [0.15, 0.2) is 5.82 Å². The SMILES string of the molecule is C#C.N#Cc1c(N2CC(O)C2)nc(N2C[C@@H]3C(CC(=O)O)[C@@H]3C2)c(Cl)c1C(F)(F)F. The van der Waals surface area contributed by atoms with Crippen LogP contribution in [0.25, 0.3) is 0 Å². The van der Waals surface area contributed by atoms with E-state index in [0.717, 1.165) is 0 Å². The molecule has 7 nitrogen and oxygen atoms in total. The predicted octanol–water partition coefficient (Wildman–Crippen LogP) is 2.21. The number of aliphatic carboxylic acids is 1. The van der Waals surface area contributed by atoms with Crippen molar-refractivity contribution in [2.75, 3.05) is 36.0 Å². The smallest absolute Gasteiger partial charge is 0.419 e. The van der Waals surface area contributed by atoms with E-state index in [0.29, 0.717) is 13.1 Å². The molecule has 2 aliphatic heterocycles. The summed E-state index contributed by atoms with van der Waals surface area (Å²) in [5, 5.41) is 27.1. The molecular weight excluding hydrogens is 425 g/mol. The molecule has 1 aromatic heterocycles. The number of aliphatic hydroxyl groups is 1. The number of carboxylic acid groups (broad SMARTS) is 1. The minimum Gasteiger partial charge on any atom is -0.481 e. The highest BCUT2D eigenvalue weighted by Gasteiger charge is 2.57. The number of aliphatic hydroxyl groups excluding tert-OH is 1. The molecule has 4 rings (SSSR count). The molecule has 3 atom stereocenters. The van der Waals surface area contributed by atoms with Crippen LogP contribution < -0.4 is 9.80 Å². The molecule has 1 aromatic rings. The second kappa shape index (κ2) is 7.86. The van der Waals surface area contributed by atoms with Crippen molar-refractivity contribution in [1.82, 2.24) is 4.98 Å². The van der Waals surface area contributed by atoms with Crippen LogP contribution in [0.3, 0.4) is 0 Å². The molecule has 1 unspecified atom stereocenters. The molecular formula is C19H18ClF3N4O3. The number of β-amino-alcohol motifs (C(OH)–C–C–N with tert-alkyl or cyclic N) is 1. The molecule has 3 fully saturated rings. The quantitative estimate of drug-likeness (QED) is 0.689. The van der Waals surface area contributed by atoms with Gasteiger partial charge in [0.05, 0.1) is 16.7 Å². The Labute approximate surface area is 175 Å². The first kappa shape index (κ1) is 22.0. The highest BCUT2D eigenvalue weighted by molar-refractivity contribution is 6.34. The Morgan fingerprint density at radius 2 is 1.73 bits per heavy atom. The standard InChI is InChI=1S/C17H16ClF3N4O3.C2H2/c18-14-13(17(19,20)21)9(2-22)15(24-3-7(26)4-24)23-16(14)25-5-10-8(1-12(27)28)11(10)6-25;1-2/h7-8,10-11,26H,1,3-6H2,(H,27,28);1-2H/t8?,10-,11+;. The lowest BCUT2D eigenvalue weighted by molar-refractivity contribution is -0.138. The lowest BCUT2D eigenvalue weighted by Gasteiger charge is -2.38. The average molecular weight is 443 g/mol. The summed E-state index contributed by atoms with van der Waals surface area (Å²) in [6, 6.07) is 1.57. The normalized spacial score (nSPS) is 24.9. The second-order valence-electron chi connectivity index (χ2n) is 7.49. The van der Waals surface area contributed by atoms with Gasteiger partial charge in [-0.25, -0.2) is 4.98 Å². The van der Waals surface area contributed by atoms with E-state index in [1.54, 1.807) is 11.0 Å². The zero-order chi connectivity index (χ0) is 22.4. The van der Waals surface area contributed by atoms with Crippen molar-refractivity contribution >= 4 is 29.2 Å². The summed E-state index contributed by atoms with van der Waals surface area (Å²) in [6.07, 6.45) is 2.52. The van der Waals surface area contributed by atoms with Crippen molar-refractivity contribution in [2.24, 2.45) is 17.8 Å². The first-order valence-electron chi connectivity index (χ1n) is 9.05. The largest absolute Gasteiger partial charge is 0.481 e. The molecule has 0 spiro atoms. The Morgan fingerprint density at radius 1 is 1.20 bits per heavy atom. The fourth-order valence-electron chi connectivity index (χ4n) is 4.30. The first-order chi connectivity index (χ1) is 14.1. The van der Waals surface area contributed by atoms with Crippen LogP contribution >= 0.6 is 11.6 Å². The molecule has 11 heteroatoms. The fourth-order valence-corrected chi connectivity index (χ4v) is 4.67. The molecule has 1 aliphatic carbocycles. The van der Waals surface area contributed by atoms with E-state index < -0.39 is 34.4 Å². The summed E-state index contributed by atoms with van der Waals surface area (Å²) in [7, 11) is 0. The van der Waals surface area contributed by atoms with Crippen LogP contribution in [-0.4, -0.2) is 53.4 Å². The number of aromatic nitrogens is 1. The minimum absolute atomic E-state index is 0.0259. The summed E-state index contributed by atoms with van der Waals surface area (Å²) in [5.74, 6) is -0.870. The zero-order valence-electron chi connectivity index (χ0n) is 15.6. The number of alkyl halides is 3. The van der Waals surface area contributed by atoms with Crippen LogP contribution in [-0.2, 0) is 11.0 Å². The molecule has 0 amide bonds. The molecule has 2 saturated heterocycles. The first-order valence-corrected chi connectivity index (χ1v) is 9.43. The molecule has 160 valence electrons. The van der Waals surface area contributed by atoms with Crippen molar-refractivity contribution in [3.05, 3.63) is 16.1 Å². The number of piperidine rings is 1. The van der Waals surface area contributed by atoms with Crippen LogP contribution in [0.1, 0.15) is 17.5 Å². The van der Waals surface area contributed by atoms with Crippen molar-refractivity contribution < 1.29 is 28.2 Å². The third-order valence-corrected chi connectivity index (χ3v) is 6.10. The Balaban J connectivity index is 0.00000124. The number of hydrogen-bond acceptors (Lipinski definition) is 6. The van der Waals surface area contributed by atoms with E-state index in [2.05, 4.69) is 17.8 Å². The lowest BCUT2D eigenvalue weighted by atomic mass is 10.1. The van der Waals surface area contributed by atoms with Gasteiger partial charge in [-0.15, -0.1) is 12.8 Å². The number of nitriles is 1. The van der Waals surface area contributed by atoms with Crippen LogP contribution in [0.5, 0.6) is 0 Å². The third kappa shape index (κ3) is 3.73. The van der Waals surface area contributed by atoms with E-state index in [1.165, 1.54) is 4.90 Å². The third-order valence-electron chi connectivity index (χ3n) is 5.74. The van der Waals surface area contributed by atoms with Gasteiger partial charge in [-0.1, -0.05) is 11.6 Å². The maximum atomic E-state index is 13.7. The maximum absolute atomic E-state index is 13.7. The fraction of sp³-hybridized carbons (Fsp3) is 0.526. The van der Waals surface area contributed by atoms with Crippen molar-refractivity contribution in [3.63, 3.8) is 0 Å². The second-order valence-corrected chi connectivity index (χ2v) is 7.86. The number of hydrogen-bond donors (Lipinski definition) is 2. The summed E-state index contributed by atoms with van der Waals surface area (Å²) < 4.78 is 41.0. The number of fused-ring (bicyclic) bond motifs is 1. The predicted molar refractivity (Wildman–Crippen MR) is 102 cm³/mol. The summed E-state index contributed by atoms with van der Waals surface area (Å²) in [6.45, 7) is 0.930. The average Bonchev–Trinajstić information content (AvgIpc) is 3.08. The number of pyridine rings is 1. The van der Waals surface area contributed by atoms with Crippen molar-refractivity contribution in [3.8, 4) is 18.9 Å². The number of terminal acetylenes is 1. The van der Waals surface area contributed by atoms with Crippen molar-refractivity contribution in [2.45, 2.75) is 18.7 Å². The monoisotopic (exact) mass is 442 g/mol. The zero-order valence-corrected chi connectivity index (χ0v) is 16.4. The van der Waals surface area contributed by atoms with Gasteiger partial charge in [0, 0.05) is 32.6 Å². The number of rotatable bonds is 4. The van der Waals surface area contributed by atoms with Crippen LogP contribution in [0.15, 0.2) is 0 Å². The number of carboxylic acids is 1. The molecule has 3 aliphatic rings. The number of anilines is 2. The van der Waals surface area contributed by atoms with E-state index in [1.807, 2.05) is 0 Å². The van der Waals surface area contributed by atoms with Crippen LogP contribution in [0, 0.1) is 41.9 Å². The maximum Gasteiger partial charge on any atom is 0.419 e. The Hall–Kier alpha value is -2.69. The highest BCUT2D eigenvalue weighted by atomic mass is 35.5. The van der Waals surface area contributed by atoms with Gasteiger partial charge in [-0.3, -0.25) is 4.79 Å². The Kier molecular flexibility index (Phi) is 5.76. The number of carbonyl (C=O) groups is 1. The lowest BCUT2D eigenvalue weighted by Crippen LogP contribution is -2.51. The van der Waals surface area contributed by atoms with E-state index >= 15 is 0 Å². The van der Waals surface area contributed by atoms with Gasteiger partial charge in [-0.2, -0.15) is 18.4 Å². The van der Waals surface area contributed by atoms with Gasteiger partial charge >= 0.3 is 12.1 Å². The van der Waals surface area contributed by atoms with E-state index in [-0.39, 0.29) is 48.9 Å². The highest BCUT2D eigenvalue weighted by Crippen LogP contribution is 2.55. The number of nitrogens with zero attached hydrogens (tertiary/aromatic N) is 4. The molecule has 30 heavy (non-hydrogen) atoms. The van der Waals surface area contributed by atoms with E-state index in [9.17, 15) is 28.3 Å². The van der Waals surface area contributed by atoms with E-state index in [4.69, 9.17) is 16.7 Å². The number of halogens is 4. The van der Waals surface area contributed by atoms with Gasteiger partial charge in [0.1, 0.15) is 17.5 Å². The molecule has 0 aromatic carbocycles. The summed E-state index contributed by atoms with van der Waals surface area (Å²) in [5.41, 5.74) is -1.87. The van der Waals surface area contributed by atoms with Gasteiger partial charge in [0.25, 0.3) is 0 Å². The topological polar surface area (TPSA) is 101 Å². The summed E-state index contributed by atoms with van der Waals surface area (Å²) in [4.78, 5) is 18.2.